The van der Waals surface area contributed by atoms with Gasteiger partial charge < -0.3 is 0 Å². The number of hydrogen-bond acceptors (Lipinski definition) is 1. The highest BCUT2D eigenvalue weighted by molar-refractivity contribution is 5.84. The molecule has 1 atom stereocenters. The molecule has 1 unspecified atom stereocenters. The van der Waals surface area contributed by atoms with E-state index in [1.807, 2.05) is 26.8 Å². The van der Waals surface area contributed by atoms with Gasteiger partial charge in [-0.2, -0.15) is 0 Å². The molecule has 0 bridgehead atoms. The molecular formula is C11H18O. The summed E-state index contributed by atoms with van der Waals surface area (Å²) in [5, 5.41) is 0. The molecule has 0 aromatic carbocycles. The van der Waals surface area contributed by atoms with Crippen molar-refractivity contribution in [2.24, 2.45) is 5.41 Å². The summed E-state index contributed by atoms with van der Waals surface area (Å²) in [6.07, 6.45) is 4.52. The lowest BCUT2D eigenvalue weighted by Crippen LogP contribution is -2.22. The van der Waals surface area contributed by atoms with Gasteiger partial charge in [0, 0.05) is 5.41 Å². The number of Topliss-reactive ketones (excluding diaryl/α,β-unsaturated/α-hetero) is 1. The molecular weight excluding hydrogens is 148 g/mol. The van der Waals surface area contributed by atoms with Gasteiger partial charge in [0.25, 0.3) is 0 Å². The fourth-order valence-electron chi connectivity index (χ4n) is 1.24. The maximum atomic E-state index is 11.3. The lowest BCUT2D eigenvalue weighted by atomic mass is 9.81. The average molecular weight is 166 g/mol. The Labute approximate surface area is 75.2 Å². The number of carbonyl (C=O) groups is 1. The number of rotatable bonds is 4. The van der Waals surface area contributed by atoms with Gasteiger partial charge in [0.05, 0.1) is 0 Å². The summed E-state index contributed by atoms with van der Waals surface area (Å²) in [5.41, 5.74) is 0.829. The Hall–Kier alpha value is -0.850. The van der Waals surface area contributed by atoms with Crippen LogP contribution in [0.25, 0.3) is 0 Å². The Morgan fingerprint density at radius 3 is 2.17 bits per heavy atom. The molecule has 0 rings (SSSR count). The van der Waals surface area contributed by atoms with Crippen molar-refractivity contribution in [2.45, 2.75) is 34.1 Å². The minimum atomic E-state index is -0.347. The van der Waals surface area contributed by atoms with Gasteiger partial charge in [-0.25, -0.2) is 0 Å². The molecule has 0 saturated carbocycles. The Kier molecular flexibility index (Phi) is 3.94. The van der Waals surface area contributed by atoms with Gasteiger partial charge >= 0.3 is 0 Å². The van der Waals surface area contributed by atoms with Crippen LogP contribution in [0, 0.1) is 5.41 Å². The largest absolute Gasteiger partial charge is 0.299 e. The molecule has 0 aliphatic heterocycles. The second-order valence-corrected chi connectivity index (χ2v) is 3.69. The third kappa shape index (κ3) is 3.04. The quantitative estimate of drug-likeness (QED) is 0.586. The summed E-state index contributed by atoms with van der Waals surface area (Å²) in [5.74, 6) is 0.198. The lowest BCUT2D eigenvalue weighted by Gasteiger charge is -2.21. The lowest BCUT2D eigenvalue weighted by molar-refractivity contribution is -0.123. The molecule has 1 heteroatoms. The second-order valence-electron chi connectivity index (χ2n) is 3.69. The van der Waals surface area contributed by atoms with Crippen LogP contribution in [0.1, 0.15) is 34.1 Å². The standard InChI is InChI=1S/C11H18O/c1-6-7-11(5,10(4)12)8-9(2)3/h6,8H,1,7H2,2-5H3. The molecule has 12 heavy (non-hydrogen) atoms. The Balaban J connectivity index is 4.73. The summed E-state index contributed by atoms with van der Waals surface area (Å²) in [6, 6.07) is 0. The summed E-state index contributed by atoms with van der Waals surface area (Å²) >= 11 is 0. The normalized spacial score (nSPS) is 14.7. The topological polar surface area (TPSA) is 17.1 Å². The van der Waals surface area contributed by atoms with Gasteiger partial charge in [-0.1, -0.05) is 17.7 Å². The van der Waals surface area contributed by atoms with Crippen LogP contribution >= 0.6 is 0 Å². The van der Waals surface area contributed by atoms with Gasteiger partial charge in [0.2, 0.25) is 0 Å². The molecule has 0 heterocycles. The minimum Gasteiger partial charge on any atom is -0.299 e. The number of ketones is 1. The van der Waals surface area contributed by atoms with E-state index in [4.69, 9.17) is 0 Å². The fourth-order valence-corrected chi connectivity index (χ4v) is 1.24. The first-order valence-corrected chi connectivity index (χ1v) is 4.20. The number of carbonyl (C=O) groups excluding carboxylic acids is 1. The van der Waals surface area contributed by atoms with E-state index in [0.717, 1.165) is 0 Å². The predicted molar refractivity (Wildman–Crippen MR) is 53.0 cm³/mol. The monoisotopic (exact) mass is 166 g/mol. The predicted octanol–water partition coefficient (Wildman–Crippen LogP) is 3.12. The molecule has 0 spiro atoms. The van der Waals surface area contributed by atoms with Crippen LogP contribution in [-0.2, 0) is 4.79 Å². The molecule has 0 saturated heterocycles. The van der Waals surface area contributed by atoms with Crippen molar-refractivity contribution < 1.29 is 4.79 Å². The van der Waals surface area contributed by atoms with Crippen LogP contribution in [-0.4, -0.2) is 5.78 Å². The zero-order valence-corrected chi connectivity index (χ0v) is 8.48. The van der Waals surface area contributed by atoms with Crippen LogP contribution in [0.5, 0.6) is 0 Å². The van der Waals surface area contributed by atoms with Crippen molar-refractivity contribution in [3.8, 4) is 0 Å². The van der Waals surface area contributed by atoms with Crippen molar-refractivity contribution in [1.82, 2.24) is 0 Å². The van der Waals surface area contributed by atoms with Crippen molar-refractivity contribution >= 4 is 5.78 Å². The highest BCUT2D eigenvalue weighted by Crippen LogP contribution is 2.26. The Morgan fingerprint density at radius 1 is 1.42 bits per heavy atom. The van der Waals surface area contributed by atoms with Crippen molar-refractivity contribution in [3.63, 3.8) is 0 Å². The van der Waals surface area contributed by atoms with Crippen LogP contribution in [0.4, 0.5) is 0 Å². The van der Waals surface area contributed by atoms with Gasteiger partial charge in [0.1, 0.15) is 5.78 Å². The van der Waals surface area contributed by atoms with Crippen molar-refractivity contribution in [1.29, 1.82) is 0 Å². The van der Waals surface area contributed by atoms with E-state index in [-0.39, 0.29) is 11.2 Å². The van der Waals surface area contributed by atoms with Crippen LogP contribution in [0.2, 0.25) is 0 Å². The van der Waals surface area contributed by atoms with E-state index >= 15 is 0 Å². The molecule has 0 amide bonds. The zero-order chi connectivity index (χ0) is 9.78. The highest BCUT2D eigenvalue weighted by Gasteiger charge is 2.24. The van der Waals surface area contributed by atoms with Gasteiger partial charge in [-0.15, -0.1) is 6.58 Å². The zero-order valence-electron chi connectivity index (χ0n) is 8.48. The van der Waals surface area contributed by atoms with E-state index < -0.39 is 0 Å². The molecule has 0 aromatic rings. The van der Waals surface area contributed by atoms with Gasteiger partial charge in [-0.3, -0.25) is 4.79 Å². The summed E-state index contributed by atoms with van der Waals surface area (Å²) in [4.78, 5) is 11.3. The molecule has 0 radical (unpaired) electrons. The summed E-state index contributed by atoms with van der Waals surface area (Å²) in [6.45, 7) is 11.2. The SMILES string of the molecule is C=CCC(C)(C=C(C)C)C(C)=O. The third-order valence-corrected chi connectivity index (χ3v) is 1.98. The molecule has 0 aliphatic rings. The average Bonchev–Trinajstić information content (AvgIpc) is 1.85. The van der Waals surface area contributed by atoms with E-state index in [9.17, 15) is 4.79 Å². The fraction of sp³-hybridized carbons (Fsp3) is 0.545. The molecule has 0 aliphatic carbocycles. The Morgan fingerprint density at radius 2 is 1.92 bits per heavy atom. The van der Waals surface area contributed by atoms with E-state index in [1.165, 1.54) is 5.57 Å². The van der Waals surface area contributed by atoms with Crippen LogP contribution < -0.4 is 0 Å². The smallest absolute Gasteiger partial charge is 0.139 e. The summed E-state index contributed by atoms with van der Waals surface area (Å²) < 4.78 is 0. The van der Waals surface area contributed by atoms with E-state index in [0.29, 0.717) is 6.42 Å². The third-order valence-electron chi connectivity index (χ3n) is 1.98. The molecule has 0 fully saturated rings. The Bertz CT molecular complexity index is 209. The first-order chi connectivity index (χ1) is 5.42. The first-order valence-electron chi connectivity index (χ1n) is 4.20. The van der Waals surface area contributed by atoms with E-state index in [2.05, 4.69) is 6.58 Å². The van der Waals surface area contributed by atoms with Crippen molar-refractivity contribution in [2.75, 3.05) is 0 Å². The van der Waals surface area contributed by atoms with Crippen molar-refractivity contribution in [3.05, 3.63) is 24.3 Å². The van der Waals surface area contributed by atoms with E-state index in [1.54, 1.807) is 13.0 Å². The molecule has 0 aromatic heterocycles. The molecule has 1 nitrogen and oxygen atoms in total. The second kappa shape index (κ2) is 4.24. The molecule has 68 valence electrons. The van der Waals surface area contributed by atoms with Gasteiger partial charge in [0.15, 0.2) is 0 Å². The highest BCUT2D eigenvalue weighted by atomic mass is 16.1. The number of hydrogen-bond donors (Lipinski definition) is 0. The minimum absolute atomic E-state index is 0.198. The van der Waals surface area contributed by atoms with Crippen LogP contribution in [0.3, 0.4) is 0 Å². The maximum Gasteiger partial charge on any atom is 0.139 e. The van der Waals surface area contributed by atoms with Crippen LogP contribution in [0.15, 0.2) is 24.3 Å². The maximum absolute atomic E-state index is 11.3. The first kappa shape index (κ1) is 11.2. The summed E-state index contributed by atoms with van der Waals surface area (Å²) in [7, 11) is 0. The number of allylic oxidation sites excluding steroid dienone is 3. The van der Waals surface area contributed by atoms with Gasteiger partial charge in [-0.05, 0) is 34.1 Å². The molecule has 0 N–H and O–H groups in total.